The molecule has 33 heavy (non-hydrogen) atoms. The Morgan fingerprint density at radius 2 is 2.09 bits per heavy atom. The lowest BCUT2D eigenvalue weighted by molar-refractivity contribution is -0.116. The molecule has 0 atom stereocenters. The molecule has 0 N–H and O–H groups in total. The SMILES string of the molecule is Cc1ccc2c(c1)N(C(=O)CSc1nc3ccsc3c(=O)n1Cc1ccccc1Cl)CCO2. The minimum Gasteiger partial charge on any atom is -0.490 e. The van der Waals surface area contributed by atoms with Crippen molar-refractivity contribution in [3.05, 3.63) is 80.4 Å². The highest BCUT2D eigenvalue weighted by Gasteiger charge is 2.25. The molecule has 6 nitrogen and oxygen atoms in total. The number of aromatic nitrogens is 2. The van der Waals surface area contributed by atoms with E-state index in [1.807, 2.05) is 54.8 Å². The van der Waals surface area contributed by atoms with Gasteiger partial charge >= 0.3 is 0 Å². The first-order chi connectivity index (χ1) is 16.0. The lowest BCUT2D eigenvalue weighted by Gasteiger charge is -2.29. The molecule has 1 aliphatic heterocycles. The van der Waals surface area contributed by atoms with Crippen molar-refractivity contribution in [1.82, 2.24) is 9.55 Å². The zero-order valence-corrected chi connectivity index (χ0v) is 20.2. The minimum absolute atomic E-state index is 0.0564. The number of carbonyl (C=O) groups excluding carboxylic acids is 1. The van der Waals surface area contributed by atoms with E-state index in [-0.39, 0.29) is 23.8 Å². The Labute approximate surface area is 203 Å². The number of halogens is 1. The van der Waals surface area contributed by atoms with Gasteiger partial charge in [0.15, 0.2) is 5.16 Å². The van der Waals surface area contributed by atoms with Gasteiger partial charge in [0, 0.05) is 5.02 Å². The smallest absolute Gasteiger partial charge is 0.272 e. The van der Waals surface area contributed by atoms with Crippen molar-refractivity contribution in [3.63, 3.8) is 0 Å². The van der Waals surface area contributed by atoms with Gasteiger partial charge in [0.05, 0.1) is 30.0 Å². The van der Waals surface area contributed by atoms with Gasteiger partial charge in [-0.2, -0.15) is 0 Å². The Hall–Kier alpha value is -2.81. The first-order valence-electron chi connectivity index (χ1n) is 10.4. The van der Waals surface area contributed by atoms with Crippen molar-refractivity contribution < 1.29 is 9.53 Å². The van der Waals surface area contributed by atoms with E-state index < -0.39 is 0 Å². The summed E-state index contributed by atoms with van der Waals surface area (Å²) in [5.74, 6) is 0.801. The number of amides is 1. The second-order valence-corrected chi connectivity index (χ2v) is 9.93. The first-order valence-corrected chi connectivity index (χ1v) is 12.6. The molecule has 0 spiro atoms. The molecule has 0 saturated carbocycles. The lowest BCUT2D eigenvalue weighted by atomic mass is 10.1. The molecule has 168 valence electrons. The molecular formula is C24H20ClN3O3S2. The van der Waals surface area contributed by atoms with E-state index in [0.717, 1.165) is 16.8 Å². The van der Waals surface area contributed by atoms with Crippen molar-refractivity contribution in [1.29, 1.82) is 0 Å². The molecule has 0 saturated heterocycles. The fourth-order valence-corrected chi connectivity index (χ4v) is 5.61. The Bertz CT molecular complexity index is 1420. The van der Waals surface area contributed by atoms with E-state index in [4.69, 9.17) is 21.3 Å². The molecule has 5 rings (SSSR count). The third kappa shape index (κ3) is 4.38. The normalized spacial score (nSPS) is 13.1. The van der Waals surface area contributed by atoms with Crippen LogP contribution in [0.25, 0.3) is 10.2 Å². The topological polar surface area (TPSA) is 64.4 Å². The number of aryl methyl sites for hydroxylation is 1. The molecule has 4 aromatic rings. The van der Waals surface area contributed by atoms with Crippen LogP contribution in [-0.2, 0) is 11.3 Å². The number of fused-ring (bicyclic) bond motifs is 2. The molecule has 0 unspecified atom stereocenters. The van der Waals surface area contributed by atoms with Crippen LogP contribution >= 0.6 is 34.7 Å². The van der Waals surface area contributed by atoms with Crippen LogP contribution in [0.5, 0.6) is 5.75 Å². The molecule has 2 aromatic heterocycles. The fraction of sp³-hybridized carbons (Fsp3) is 0.208. The molecule has 0 fully saturated rings. The molecule has 1 amide bonds. The maximum Gasteiger partial charge on any atom is 0.272 e. The maximum absolute atomic E-state index is 13.2. The van der Waals surface area contributed by atoms with Crippen LogP contribution in [0.15, 0.2) is 63.9 Å². The first kappa shape index (κ1) is 22.0. The Balaban J connectivity index is 1.45. The van der Waals surface area contributed by atoms with E-state index in [9.17, 15) is 9.59 Å². The zero-order chi connectivity index (χ0) is 22.9. The minimum atomic E-state index is -0.128. The summed E-state index contributed by atoms with van der Waals surface area (Å²) in [6.45, 7) is 3.21. The number of hydrogen-bond donors (Lipinski definition) is 0. The summed E-state index contributed by atoms with van der Waals surface area (Å²) >= 11 is 8.98. The Morgan fingerprint density at radius 1 is 1.24 bits per heavy atom. The number of anilines is 1. The summed E-state index contributed by atoms with van der Waals surface area (Å²) in [5, 5.41) is 2.94. The highest BCUT2D eigenvalue weighted by Crippen LogP contribution is 2.33. The predicted molar refractivity (Wildman–Crippen MR) is 134 cm³/mol. The fourth-order valence-electron chi connectivity index (χ4n) is 3.76. The van der Waals surface area contributed by atoms with Crippen molar-refractivity contribution in [2.45, 2.75) is 18.6 Å². The summed E-state index contributed by atoms with van der Waals surface area (Å²) in [4.78, 5) is 32.9. The molecule has 2 aromatic carbocycles. The molecule has 0 radical (unpaired) electrons. The standard InChI is InChI=1S/C24H20ClN3O3S2/c1-15-6-7-20-19(12-15)27(9-10-31-20)21(29)14-33-24-26-18-8-11-32-22(18)23(30)28(24)13-16-4-2-3-5-17(16)25/h2-8,11-12H,9-10,13-14H2,1H3. The number of thioether (sulfide) groups is 1. The van der Waals surface area contributed by atoms with Gasteiger partial charge in [-0.25, -0.2) is 4.98 Å². The Kier molecular flexibility index (Phi) is 6.14. The molecule has 3 heterocycles. The molecule has 1 aliphatic rings. The van der Waals surface area contributed by atoms with Crippen LogP contribution in [0.4, 0.5) is 5.69 Å². The monoisotopic (exact) mass is 497 g/mol. The highest BCUT2D eigenvalue weighted by molar-refractivity contribution is 7.99. The van der Waals surface area contributed by atoms with E-state index in [1.54, 1.807) is 15.5 Å². The number of benzene rings is 2. The van der Waals surface area contributed by atoms with Gasteiger partial charge in [0.2, 0.25) is 5.91 Å². The second-order valence-electron chi connectivity index (χ2n) is 7.67. The van der Waals surface area contributed by atoms with E-state index >= 15 is 0 Å². The summed E-state index contributed by atoms with van der Waals surface area (Å²) in [5.41, 5.74) is 3.18. The van der Waals surface area contributed by atoms with Crippen molar-refractivity contribution in [3.8, 4) is 5.75 Å². The average molecular weight is 498 g/mol. The third-order valence-corrected chi connectivity index (χ3v) is 7.64. The van der Waals surface area contributed by atoms with E-state index in [0.29, 0.717) is 39.3 Å². The Morgan fingerprint density at radius 3 is 2.94 bits per heavy atom. The molecule has 0 bridgehead atoms. The van der Waals surface area contributed by atoms with Gasteiger partial charge in [-0.05, 0) is 47.7 Å². The van der Waals surface area contributed by atoms with Crippen LogP contribution < -0.4 is 15.2 Å². The summed E-state index contributed by atoms with van der Waals surface area (Å²) < 4.78 is 7.90. The second kappa shape index (κ2) is 9.21. The number of nitrogens with zero attached hydrogens (tertiary/aromatic N) is 3. The number of carbonyl (C=O) groups is 1. The quantitative estimate of drug-likeness (QED) is 0.287. The van der Waals surface area contributed by atoms with Crippen LogP contribution in [-0.4, -0.2) is 34.4 Å². The van der Waals surface area contributed by atoms with Crippen LogP contribution in [0.1, 0.15) is 11.1 Å². The van der Waals surface area contributed by atoms with E-state index in [2.05, 4.69) is 0 Å². The van der Waals surface area contributed by atoms with Gasteiger partial charge in [0.1, 0.15) is 17.1 Å². The highest BCUT2D eigenvalue weighted by atomic mass is 35.5. The average Bonchev–Trinajstić information content (AvgIpc) is 3.29. The van der Waals surface area contributed by atoms with Crippen LogP contribution in [0.2, 0.25) is 5.02 Å². The van der Waals surface area contributed by atoms with Crippen molar-refractivity contribution in [2.75, 3.05) is 23.8 Å². The lowest BCUT2D eigenvalue weighted by Crippen LogP contribution is -2.39. The summed E-state index contributed by atoms with van der Waals surface area (Å²) in [6.07, 6.45) is 0. The predicted octanol–water partition coefficient (Wildman–Crippen LogP) is 4.99. The summed E-state index contributed by atoms with van der Waals surface area (Å²) in [6, 6.07) is 15.1. The van der Waals surface area contributed by atoms with Gasteiger partial charge < -0.3 is 9.64 Å². The van der Waals surface area contributed by atoms with Gasteiger partial charge in [-0.15, -0.1) is 11.3 Å². The molecular weight excluding hydrogens is 478 g/mol. The number of hydrogen-bond acceptors (Lipinski definition) is 6. The molecule has 0 aliphatic carbocycles. The largest absolute Gasteiger partial charge is 0.490 e. The number of rotatable bonds is 5. The van der Waals surface area contributed by atoms with Gasteiger partial charge in [0.25, 0.3) is 5.56 Å². The third-order valence-electron chi connectivity index (χ3n) is 5.42. The number of thiophene rings is 1. The van der Waals surface area contributed by atoms with Crippen LogP contribution in [0.3, 0.4) is 0 Å². The molecule has 9 heteroatoms. The number of ether oxygens (including phenoxy) is 1. The van der Waals surface area contributed by atoms with Crippen molar-refractivity contribution in [2.24, 2.45) is 0 Å². The van der Waals surface area contributed by atoms with E-state index in [1.165, 1.54) is 23.1 Å². The van der Waals surface area contributed by atoms with Gasteiger partial charge in [-0.3, -0.25) is 14.2 Å². The maximum atomic E-state index is 13.2. The summed E-state index contributed by atoms with van der Waals surface area (Å²) in [7, 11) is 0. The zero-order valence-electron chi connectivity index (χ0n) is 17.8. The van der Waals surface area contributed by atoms with Crippen LogP contribution in [0, 0.1) is 6.92 Å². The van der Waals surface area contributed by atoms with Gasteiger partial charge in [-0.1, -0.05) is 47.6 Å². The van der Waals surface area contributed by atoms with Crippen molar-refractivity contribution >= 4 is 56.5 Å².